The van der Waals surface area contributed by atoms with Crippen molar-refractivity contribution >= 4 is 12.2 Å². The van der Waals surface area contributed by atoms with Crippen molar-refractivity contribution in [1.29, 1.82) is 0 Å². The third-order valence-corrected chi connectivity index (χ3v) is 5.67. The molecule has 4 rings (SSSR count). The zero-order valence-corrected chi connectivity index (χ0v) is 14.6. The molecule has 0 N–H and O–H groups in total. The molecule has 2 aliphatic heterocycles. The monoisotopic (exact) mass is 384 g/mol. The van der Waals surface area contributed by atoms with Crippen molar-refractivity contribution < 1.29 is 27.5 Å². The Bertz CT molecular complexity index is 769. The number of hydrogen-bond donors (Lipinski definition) is 0. The molecule has 10 heteroatoms. The second-order valence-electron chi connectivity index (χ2n) is 7.46. The number of carbonyl (C=O) groups excluding carboxylic acids is 2. The number of amides is 2. The largest absolute Gasteiger partial charge is 0.451 e. The van der Waals surface area contributed by atoms with E-state index in [0.29, 0.717) is 30.5 Å². The van der Waals surface area contributed by atoms with Gasteiger partial charge < -0.3 is 14.5 Å². The number of aromatic nitrogens is 2. The topological polar surface area (TPSA) is 75.6 Å². The third kappa shape index (κ3) is 3.70. The Morgan fingerprint density at radius 2 is 1.70 bits per heavy atom. The van der Waals surface area contributed by atoms with Crippen LogP contribution in [0.15, 0.2) is 6.20 Å². The SMILES string of the molecule is O=C(OC(=O)N1CCc2cnc(C(F)(F)F)nc2C1)N1CCC2(CC1)CC2. The maximum absolute atomic E-state index is 12.8. The van der Waals surface area contributed by atoms with E-state index in [2.05, 4.69) is 9.97 Å². The molecule has 0 unspecified atom stereocenters. The first kappa shape index (κ1) is 18.0. The highest BCUT2D eigenvalue weighted by Gasteiger charge is 2.45. The summed E-state index contributed by atoms with van der Waals surface area (Å²) in [5.74, 6) is -1.24. The first-order valence-electron chi connectivity index (χ1n) is 8.93. The Hall–Kier alpha value is -2.39. The molecule has 1 saturated heterocycles. The predicted molar refractivity (Wildman–Crippen MR) is 85.5 cm³/mol. The molecule has 0 bridgehead atoms. The molecular weight excluding hydrogens is 365 g/mol. The Balaban J connectivity index is 1.36. The average molecular weight is 384 g/mol. The van der Waals surface area contributed by atoms with Crippen molar-refractivity contribution in [3.8, 4) is 0 Å². The van der Waals surface area contributed by atoms with Gasteiger partial charge in [-0.3, -0.25) is 0 Å². The van der Waals surface area contributed by atoms with Gasteiger partial charge in [0.1, 0.15) is 0 Å². The van der Waals surface area contributed by atoms with Gasteiger partial charge in [-0.2, -0.15) is 13.2 Å². The van der Waals surface area contributed by atoms with E-state index < -0.39 is 24.2 Å². The summed E-state index contributed by atoms with van der Waals surface area (Å²) in [4.78, 5) is 34.0. The lowest BCUT2D eigenvalue weighted by Gasteiger charge is -2.32. The van der Waals surface area contributed by atoms with Crippen molar-refractivity contribution in [1.82, 2.24) is 19.8 Å². The number of hydrogen-bond acceptors (Lipinski definition) is 5. The van der Waals surface area contributed by atoms with Gasteiger partial charge in [-0.15, -0.1) is 0 Å². The molecule has 0 radical (unpaired) electrons. The summed E-state index contributed by atoms with van der Waals surface area (Å²) in [6.45, 7) is 1.22. The molecule has 7 nitrogen and oxygen atoms in total. The highest BCUT2D eigenvalue weighted by Crippen LogP contribution is 2.53. The van der Waals surface area contributed by atoms with Crippen molar-refractivity contribution in [2.75, 3.05) is 19.6 Å². The van der Waals surface area contributed by atoms with E-state index in [1.54, 1.807) is 0 Å². The van der Waals surface area contributed by atoms with Crippen LogP contribution in [-0.2, 0) is 23.9 Å². The number of alkyl halides is 3. The van der Waals surface area contributed by atoms with Crippen molar-refractivity contribution in [3.05, 3.63) is 23.3 Å². The molecule has 0 atom stereocenters. The lowest BCUT2D eigenvalue weighted by Crippen LogP contribution is -2.44. The quantitative estimate of drug-likeness (QED) is 0.643. The number of likely N-dealkylation sites (tertiary alicyclic amines) is 1. The molecule has 146 valence electrons. The fraction of sp³-hybridized carbons (Fsp3) is 0.647. The third-order valence-electron chi connectivity index (χ3n) is 5.67. The summed E-state index contributed by atoms with van der Waals surface area (Å²) in [5, 5.41) is 0. The van der Waals surface area contributed by atoms with Crippen molar-refractivity contribution in [3.63, 3.8) is 0 Å². The van der Waals surface area contributed by atoms with Crippen LogP contribution in [0.3, 0.4) is 0 Å². The normalized spacial score (nSPS) is 21.0. The van der Waals surface area contributed by atoms with Gasteiger partial charge in [0, 0.05) is 25.8 Å². The van der Waals surface area contributed by atoms with E-state index in [-0.39, 0.29) is 18.8 Å². The summed E-state index contributed by atoms with van der Waals surface area (Å²) < 4.78 is 43.2. The fourth-order valence-corrected chi connectivity index (χ4v) is 3.64. The fourth-order valence-electron chi connectivity index (χ4n) is 3.64. The Labute approximate surface area is 153 Å². The van der Waals surface area contributed by atoms with Crippen LogP contribution in [0.25, 0.3) is 0 Å². The van der Waals surface area contributed by atoms with Gasteiger partial charge in [0.05, 0.1) is 12.2 Å². The first-order valence-corrected chi connectivity index (χ1v) is 8.93. The second kappa shape index (κ2) is 6.35. The van der Waals surface area contributed by atoms with Gasteiger partial charge in [0.2, 0.25) is 5.82 Å². The second-order valence-corrected chi connectivity index (χ2v) is 7.46. The highest BCUT2D eigenvalue weighted by atomic mass is 19.4. The smallest absolute Gasteiger partial charge is 0.359 e. The molecule has 1 aromatic rings. The molecular formula is C17H19F3N4O3. The van der Waals surface area contributed by atoms with E-state index in [1.807, 2.05) is 0 Å². The van der Waals surface area contributed by atoms with E-state index in [9.17, 15) is 22.8 Å². The van der Waals surface area contributed by atoms with Crippen LogP contribution in [-0.4, -0.2) is 51.6 Å². The van der Waals surface area contributed by atoms with E-state index in [0.717, 1.165) is 19.0 Å². The maximum Gasteiger partial charge on any atom is 0.451 e. The molecule has 27 heavy (non-hydrogen) atoms. The molecule has 3 heterocycles. The van der Waals surface area contributed by atoms with Gasteiger partial charge in [-0.05, 0) is 43.1 Å². The lowest BCUT2D eigenvalue weighted by atomic mass is 9.94. The summed E-state index contributed by atoms with van der Waals surface area (Å²) in [5.41, 5.74) is 1.08. The predicted octanol–water partition coefficient (Wildman–Crippen LogP) is 2.99. The summed E-state index contributed by atoms with van der Waals surface area (Å²) in [6, 6.07) is 0. The maximum atomic E-state index is 12.8. The molecule has 0 aromatic carbocycles. The minimum Gasteiger partial charge on any atom is -0.359 e. The van der Waals surface area contributed by atoms with E-state index >= 15 is 0 Å². The summed E-state index contributed by atoms with van der Waals surface area (Å²) in [6.07, 6.45) is -0.517. The van der Waals surface area contributed by atoms with Gasteiger partial charge in [0.25, 0.3) is 0 Å². The van der Waals surface area contributed by atoms with Gasteiger partial charge >= 0.3 is 18.4 Å². The average Bonchev–Trinajstić information content (AvgIpc) is 3.39. The zero-order chi connectivity index (χ0) is 19.2. The number of nitrogens with zero attached hydrogens (tertiary/aromatic N) is 4. The standard InChI is InChI=1S/C17H19F3N4O3/c18-17(19,20)13-21-9-11-1-6-24(10-12(11)22-13)15(26)27-14(25)23-7-4-16(2-3-16)5-8-23/h9H,1-8,10H2. The number of ether oxygens (including phenoxy) is 1. The minimum absolute atomic E-state index is 0.127. The van der Waals surface area contributed by atoms with Crippen LogP contribution in [0.1, 0.15) is 42.8 Å². The van der Waals surface area contributed by atoms with Crippen LogP contribution >= 0.6 is 0 Å². The number of halogens is 3. The Kier molecular flexibility index (Phi) is 4.23. The van der Waals surface area contributed by atoms with Crippen LogP contribution in [0.4, 0.5) is 22.8 Å². The first-order chi connectivity index (χ1) is 12.8. The van der Waals surface area contributed by atoms with Crippen molar-refractivity contribution in [2.24, 2.45) is 5.41 Å². The van der Waals surface area contributed by atoms with Crippen LogP contribution < -0.4 is 0 Å². The Morgan fingerprint density at radius 1 is 1.04 bits per heavy atom. The van der Waals surface area contributed by atoms with Gasteiger partial charge in [-0.25, -0.2) is 19.6 Å². The number of fused-ring (bicyclic) bond motifs is 1. The Morgan fingerprint density at radius 3 is 2.33 bits per heavy atom. The molecule has 1 aromatic heterocycles. The summed E-state index contributed by atoms with van der Waals surface area (Å²) in [7, 11) is 0. The van der Waals surface area contributed by atoms with Crippen LogP contribution in [0.5, 0.6) is 0 Å². The molecule has 1 saturated carbocycles. The van der Waals surface area contributed by atoms with E-state index in [4.69, 9.17) is 4.74 Å². The molecule has 3 aliphatic rings. The van der Waals surface area contributed by atoms with Gasteiger partial charge in [0.15, 0.2) is 0 Å². The molecule has 2 fully saturated rings. The molecule has 1 spiro atoms. The van der Waals surface area contributed by atoms with Gasteiger partial charge in [-0.1, -0.05) is 0 Å². The van der Waals surface area contributed by atoms with Crippen LogP contribution in [0, 0.1) is 5.41 Å². The number of carbonyl (C=O) groups is 2. The summed E-state index contributed by atoms with van der Waals surface area (Å²) >= 11 is 0. The number of rotatable bonds is 0. The zero-order valence-electron chi connectivity index (χ0n) is 14.6. The van der Waals surface area contributed by atoms with Crippen molar-refractivity contribution in [2.45, 2.75) is 44.8 Å². The van der Waals surface area contributed by atoms with E-state index in [1.165, 1.54) is 22.6 Å². The number of piperidine rings is 1. The minimum atomic E-state index is -4.65. The molecule has 2 amide bonds. The lowest BCUT2D eigenvalue weighted by molar-refractivity contribution is -0.145. The highest BCUT2D eigenvalue weighted by molar-refractivity contribution is 5.83. The molecule has 1 aliphatic carbocycles. The van der Waals surface area contributed by atoms with Crippen LogP contribution in [0.2, 0.25) is 0 Å².